The van der Waals surface area contributed by atoms with Gasteiger partial charge < -0.3 is 10.1 Å². The minimum absolute atomic E-state index is 0.0333. The number of nitrogens with one attached hydrogen (secondary N) is 1. The number of benzene rings is 2. The predicted octanol–water partition coefficient (Wildman–Crippen LogP) is 4.55. The van der Waals surface area contributed by atoms with Gasteiger partial charge in [-0.3, -0.25) is 9.36 Å². The van der Waals surface area contributed by atoms with Crippen LogP contribution >= 0.6 is 23.4 Å². The number of hydrogen-bond acceptors (Lipinski definition) is 6. The molecule has 0 saturated heterocycles. The lowest BCUT2D eigenvalue weighted by atomic mass is 10.1. The molecule has 6 nitrogen and oxygen atoms in total. The minimum Gasteiger partial charge on any atom is -0.487 e. The number of nitrogens with zero attached hydrogens (tertiary/aromatic N) is 3. The number of rotatable bonds is 7. The van der Waals surface area contributed by atoms with Gasteiger partial charge in [-0.2, -0.15) is 0 Å². The zero-order valence-electron chi connectivity index (χ0n) is 15.9. The van der Waals surface area contributed by atoms with Crippen LogP contribution in [0.3, 0.4) is 0 Å². The van der Waals surface area contributed by atoms with Gasteiger partial charge in [0.05, 0.1) is 5.88 Å². The summed E-state index contributed by atoms with van der Waals surface area (Å²) in [5, 5.41) is 12.2. The fraction of sp³-hybridized carbons (Fsp3) is 0.250. The van der Waals surface area contributed by atoms with Crippen LogP contribution in [0.15, 0.2) is 47.3 Å². The van der Waals surface area contributed by atoms with Crippen LogP contribution in [-0.2, 0) is 12.5 Å². The first-order valence-electron chi connectivity index (χ1n) is 8.66. The Kier molecular flexibility index (Phi) is 6.59. The Morgan fingerprint density at radius 3 is 2.61 bits per heavy atom. The Balaban J connectivity index is 1.86. The second kappa shape index (κ2) is 9.12. The molecular weight excluding hydrogens is 396 g/mol. The third kappa shape index (κ3) is 4.66. The van der Waals surface area contributed by atoms with E-state index < -0.39 is 0 Å². The Morgan fingerprint density at radius 1 is 1.14 bits per heavy atom. The fourth-order valence-corrected chi connectivity index (χ4v) is 3.20. The number of hydrogen-bond donors (Lipinski definition) is 1. The number of anilines is 2. The highest BCUT2D eigenvalue weighted by Crippen LogP contribution is 2.22. The molecule has 0 spiro atoms. The molecule has 0 aliphatic carbocycles. The van der Waals surface area contributed by atoms with Gasteiger partial charge in [-0.15, -0.1) is 22.0 Å². The van der Waals surface area contributed by atoms with Crippen molar-refractivity contribution < 1.29 is 4.74 Å². The molecule has 0 aliphatic heterocycles. The summed E-state index contributed by atoms with van der Waals surface area (Å²) in [4.78, 5) is 12.9. The first-order chi connectivity index (χ1) is 13.5. The lowest BCUT2D eigenvalue weighted by Crippen LogP contribution is -2.29. The Labute approximate surface area is 172 Å². The first kappa shape index (κ1) is 20.2. The van der Waals surface area contributed by atoms with Gasteiger partial charge in [0, 0.05) is 10.7 Å². The van der Waals surface area contributed by atoms with Crippen LogP contribution in [0.1, 0.15) is 16.8 Å². The zero-order valence-corrected chi connectivity index (χ0v) is 17.5. The molecule has 0 fully saturated rings. The lowest BCUT2D eigenvalue weighted by molar-refractivity contribution is 0.296. The molecule has 1 aromatic heterocycles. The van der Waals surface area contributed by atoms with Gasteiger partial charge in [0.2, 0.25) is 5.95 Å². The van der Waals surface area contributed by atoms with Crippen molar-refractivity contribution in [3.8, 4) is 5.75 Å². The summed E-state index contributed by atoms with van der Waals surface area (Å²) < 4.78 is 7.22. The van der Waals surface area contributed by atoms with Crippen LogP contribution in [0, 0.1) is 13.8 Å². The molecule has 146 valence electrons. The van der Waals surface area contributed by atoms with Crippen molar-refractivity contribution >= 4 is 35.0 Å². The molecule has 8 heteroatoms. The highest BCUT2D eigenvalue weighted by molar-refractivity contribution is 7.97. The van der Waals surface area contributed by atoms with Crippen LogP contribution in [0.2, 0.25) is 5.02 Å². The molecule has 3 aromatic rings. The average Bonchev–Trinajstić information content (AvgIpc) is 2.69. The maximum Gasteiger partial charge on any atom is 0.281 e. The number of thioether (sulfide) groups is 1. The van der Waals surface area contributed by atoms with E-state index in [2.05, 4.69) is 15.5 Å². The van der Waals surface area contributed by atoms with Crippen LogP contribution in [0.4, 0.5) is 11.6 Å². The molecule has 0 amide bonds. The van der Waals surface area contributed by atoms with Crippen LogP contribution in [0.25, 0.3) is 0 Å². The topological polar surface area (TPSA) is 69.0 Å². The number of aryl methyl sites for hydroxylation is 1. The van der Waals surface area contributed by atoms with Gasteiger partial charge in [0.1, 0.15) is 12.4 Å². The van der Waals surface area contributed by atoms with E-state index in [1.165, 1.54) is 11.8 Å². The molecule has 2 aromatic carbocycles. The molecule has 0 radical (unpaired) electrons. The molecule has 0 unspecified atom stereocenters. The van der Waals surface area contributed by atoms with E-state index in [1.807, 2.05) is 38.3 Å². The SMILES string of the molecule is CSCn1c(Nc2cccc(C)c2C)nnc(COc2ccc(Cl)cc2)c1=O. The maximum atomic E-state index is 12.9. The average molecular weight is 417 g/mol. The zero-order chi connectivity index (χ0) is 20.1. The third-order valence-corrected chi connectivity index (χ3v) is 5.08. The number of halogens is 1. The molecule has 28 heavy (non-hydrogen) atoms. The van der Waals surface area contributed by atoms with Crippen molar-refractivity contribution in [1.29, 1.82) is 0 Å². The Hall–Kier alpha value is -2.51. The fourth-order valence-electron chi connectivity index (χ4n) is 2.58. The monoisotopic (exact) mass is 416 g/mol. The molecular formula is C20H21ClN4O2S. The summed E-state index contributed by atoms with van der Waals surface area (Å²) in [5.41, 5.74) is 3.17. The summed E-state index contributed by atoms with van der Waals surface area (Å²) >= 11 is 7.40. The van der Waals surface area contributed by atoms with E-state index in [4.69, 9.17) is 16.3 Å². The van der Waals surface area contributed by atoms with E-state index in [9.17, 15) is 4.79 Å². The number of ether oxygens (including phenoxy) is 1. The summed E-state index contributed by atoms with van der Waals surface area (Å²) in [6, 6.07) is 12.9. The van der Waals surface area contributed by atoms with Gasteiger partial charge in [-0.1, -0.05) is 23.7 Å². The van der Waals surface area contributed by atoms with E-state index in [1.54, 1.807) is 28.8 Å². The van der Waals surface area contributed by atoms with E-state index >= 15 is 0 Å². The van der Waals surface area contributed by atoms with Crippen LogP contribution < -0.4 is 15.6 Å². The summed E-state index contributed by atoms with van der Waals surface area (Å²) in [6.45, 7) is 4.10. The van der Waals surface area contributed by atoms with Crippen LogP contribution in [0.5, 0.6) is 5.75 Å². The van der Waals surface area contributed by atoms with E-state index in [-0.39, 0.29) is 17.9 Å². The van der Waals surface area contributed by atoms with Crippen molar-refractivity contribution in [2.45, 2.75) is 26.3 Å². The summed E-state index contributed by atoms with van der Waals surface area (Å²) in [5.74, 6) is 1.47. The van der Waals surface area contributed by atoms with Crippen molar-refractivity contribution in [3.63, 3.8) is 0 Å². The normalized spacial score (nSPS) is 10.7. The van der Waals surface area contributed by atoms with Gasteiger partial charge in [0.15, 0.2) is 5.69 Å². The second-order valence-electron chi connectivity index (χ2n) is 6.24. The maximum absolute atomic E-state index is 12.9. The Morgan fingerprint density at radius 2 is 1.89 bits per heavy atom. The van der Waals surface area contributed by atoms with Gasteiger partial charge in [-0.05, 0) is 61.6 Å². The lowest BCUT2D eigenvalue weighted by Gasteiger charge is -2.15. The smallest absolute Gasteiger partial charge is 0.281 e. The highest BCUT2D eigenvalue weighted by atomic mass is 35.5. The third-order valence-electron chi connectivity index (χ3n) is 4.31. The quantitative estimate of drug-likeness (QED) is 0.609. The summed E-state index contributed by atoms with van der Waals surface area (Å²) in [7, 11) is 0. The van der Waals surface area contributed by atoms with Crippen molar-refractivity contribution in [3.05, 3.63) is 74.7 Å². The predicted molar refractivity (Wildman–Crippen MR) is 115 cm³/mol. The molecule has 1 heterocycles. The standard InChI is InChI=1S/C20H21ClN4O2S/c1-13-5-4-6-17(14(13)2)22-20-24-23-18(19(26)25(20)12-28-3)11-27-16-9-7-15(21)8-10-16/h4-10H,11-12H2,1-3H3,(H,22,24). The van der Waals surface area contributed by atoms with Crippen molar-refractivity contribution in [2.24, 2.45) is 0 Å². The molecule has 0 atom stereocenters. The molecule has 0 bridgehead atoms. The van der Waals surface area contributed by atoms with Crippen LogP contribution in [-0.4, -0.2) is 21.0 Å². The number of aromatic nitrogens is 3. The first-order valence-corrected chi connectivity index (χ1v) is 10.4. The molecule has 0 aliphatic rings. The Bertz CT molecular complexity index is 1020. The highest BCUT2D eigenvalue weighted by Gasteiger charge is 2.14. The van der Waals surface area contributed by atoms with Crippen molar-refractivity contribution in [1.82, 2.24) is 14.8 Å². The van der Waals surface area contributed by atoms with Crippen molar-refractivity contribution in [2.75, 3.05) is 11.6 Å². The summed E-state index contributed by atoms with van der Waals surface area (Å²) in [6.07, 6.45) is 1.93. The molecule has 3 rings (SSSR count). The molecule has 1 N–H and O–H groups in total. The van der Waals surface area contributed by atoms with Gasteiger partial charge in [-0.25, -0.2) is 0 Å². The van der Waals surface area contributed by atoms with E-state index in [0.29, 0.717) is 22.6 Å². The second-order valence-corrected chi connectivity index (χ2v) is 7.51. The molecule has 0 saturated carbocycles. The van der Waals surface area contributed by atoms with Gasteiger partial charge in [0.25, 0.3) is 5.56 Å². The largest absolute Gasteiger partial charge is 0.487 e. The minimum atomic E-state index is -0.230. The van der Waals surface area contributed by atoms with Gasteiger partial charge >= 0.3 is 0 Å². The van der Waals surface area contributed by atoms with E-state index in [0.717, 1.165) is 16.8 Å².